The summed E-state index contributed by atoms with van der Waals surface area (Å²) in [5.74, 6) is 0.575. The molecule has 1 saturated heterocycles. The third kappa shape index (κ3) is 11.4. The lowest BCUT2D eigenvalue weighted by Gasteiger charge is -2.22. The van der Waals surface area contributed by atoms with Crippen LogP contribution in [0.15, 0.2) is 0 Å². The highest BCUT2D eigenvalue weighted by Crippen LogP contribution is 2.13. The van der Waals surface area contributed by atoms with Crippen molar-refractivity contribution >= 4 is 11.8 Å². The van der Waals surface area contributed by atoms with Crippen molar-refractivity contribution < 1.29 is 9.59 Å². The minimum absolute atomic E-state index is 0.288. The largest absolute Gasteiger partial charge is 0.341 e. The second-order valence-electron chi connectivity index (χ2n) is 8.15. The summed E-state index contributed by atoms with van der Waals surface area (Å²) in [4.78, 5) is 28.9. The van der Waals surface area contributed by atoms with Gasteiger partial charge < -0.3 is 9.80 Å². The van der Waals surface area contributed by atoms with E-state index < -0.39 is 0 Å². The Kier molecular flexibility index (Phi) is 14.2. The first-order valence-electron chi connectivity index (χ1n) is 11.7. The molecule has 27 heavy (non-hydrogen) atoms. The van der Waals surface area contributed by atoms with Crippen LogP contribution in [0.2, 0.25) is 0 Å². The van der Waals surface area contributed by atoms with E-state index in [0.717, 1.165) is 45.4 Å². The van der Waals surface area contributed by atoms with E-state index in [-0.39, 0.29) is 11.8 Å². The molecule has 0 aromatic heterocycles. The van der Waals surface area contributed by atoms with Crippen LogP contribution in [-0.2, 0) is 9.59 Å². The molecule has 1 aliphatic rings. The first-order chi connectivity index (χ1) is 13.2. The molecule has 0 aromatic rings. The Morgan fingerprint density at radius 2 is 0.926 bits per heavy atom. The van der Waals surface area contributed by atoms with Crippen LogP contribution in [0.4, 0.5) is 0 Å². The molecule has 158 valence electrons. The Labute approximate surface area is 168 Å². The molecule has 0 radical (unpaired) electrons. The van der Waals surface area contributed by atoms with Gasteiger partial charge in [-0.25, -0.2) is 0 Å². The Balaban J connectivity index is 2.16. The van der Waals surface area contributed by atoms with Gasteiger partial charge in [-0.15, -0.1) is 0 Å². The van der Waals surface area contributed by atoms with Crippen molar-refractivity contribution in [1.29, 1.82) is 0 Å². The van der Waals surface area contributed by atoms with E-state index in [9.17, 15) is 9.59 Å². The van der Waals surface area contributed by atoms with E-state index in [1.54, 1.807) is 0 Å². The van der Waals surface area contributed by atoms with Gasteiger partial charge in [0, 0.05) is 39.0 Å². The van der Waals surface area contributed by atoms with E-state index in [1.165, 1.54) is 64.2 Å². The molecule has 0 aliphatic carbocycles. The van der Waals surface area contributed by atoms with Gasteiger partial charge in [0.05, 0.1) is 0 Å². The van der Waals surface area contributed by atoms with Crippen LogP contribution in [0.3, 0.4) is 0 Å². The summed E-state index contributed by atoms with van der Waals surface area (Å²) < 4.78 is 0. The number of hydrogen-bond donors (Lipinski definition) is 0. The molecule has 1 heterocycles. The van der Waals surface area contributed by atoms with Crippen LogP contribution in [0.25, 0.3) is 0 Å². The maximum absolute atomic E-state index is 12.4. The van der Waals surface area contributed by atoms with Crippen molar-refractivity contribution in [3.05, 3.63) is 0 Å². The molecule has 0 spiro atoms. The lowest BCUT2D eigenvalue weighted by molar-refractivity contribution is -0.133. The van der Waals surface area contributed by atoms with Gasteiger partial charge in [-0.1, -0.05) is 78.1 Å². The molecule has 0 unspecified atom stereocenters. The van der Waals surface area contributed by atoms with Gasteiger partial charge in [-0.2, -0.15) is 0 Å². The maximum atomic E-state index is 12.4. The second-order valence-corrected chi connectivity index (χ2v) is 8.15. The third-order valence-electron chi connectivity index (χ3n) is 5.69. The van der Waals surface area contributed by atoms with E-state index in [1.807, 2.05) is 9.80 Å². The number of amides is 2. The normalized spacial score (nSPS) is 15.0. The molecule has 0 atom stereocenters. The van der Waals surface area contributed by atoms with Crippen LogP contribution in [0.5, 0.6) is 0 Å². The van der Waals surface area contributed by atoms with Gasteiger partial charge in [0.25, 0.3) is 0 Å². The Bertz CT molecular complexity index is 362. The Morgan fingerprint density at radius 1 is 0.556 bits per heavy atom. The number of nitrogens with zero attached hydrogens (tertiary/aromatic N) is 2. The smallest absolute Gasteiger partial charge is 0.222 e. The fourth-order valence-electron chi connectivity index (χ4n) is 3.85. The van der Waals surface area contributed by atoms with Crippen LogP contribution >= 0.6 is 0 Å². The molecule has 1 aliphatic heterocycles. The highest BCUT2D eigenvalue weighted by molar-refractivity contribution is 5.77. The molecular formula is C23H44N2O2. The van der Waals surface area contributed by atoms with Gasteiger partial charge in [0.1, 0.15) is 0 Å². The van der Waals surface area contributed by atoms with Crippen molar-refractivity contribution in [3.8, 4) is 0 Å². The van der Waals surface area contributed by atoms with Gasteiger partial charge >= 0.3 is 0 Å². The minimum Gasteiger partial charge on any atom is -0.341 e. The monoisotopic (exact) mass is 380 g/mol. The summed E-state index contributed by atoms with van der Waals surface area (Å²) >= 11 is 0. The topological polar surface area (TPSA) is 40.6 Å². The second kappa shape index (κ2) is 15.9. The molecule has 0 bridgehead atoms. The number of carbonyl (C=O) groups excluding carboxylic acids is 2. The molecular weight excluding hydrogens is 336 g/mol. The fraction of sp³-hybridized carbons (Fsp3) is 0.913. The first-order valence-corrected chi connectivity index (χ1v) is 11.7. The highest BCUT2D eigenvalue weighted by Gasteiger charge is 2.21. The van der Waals surface area contributed by atoms with E-state index in [0.29, 0.717) is 12.8 Å². The number of hydrogen-bond acceptors (Lipinski definition) is 2. The molecule has 2 amide bonds. The van der Waals surface area contributed by atoms with Crippen molar-refractivity contribution in [2.75, 3.05) is 26.2 Å². The van der Waals surface area contributed by atoms with Gasteiger partial charge in [-0.05, 0) is 19.3 Å². The predicted molar refractivity (Wildman–Crippen MR) is 114 cm³/mol. The zero-order valence-corrected chi connectivity index (χ0v) is 18.1. The average molecular weight is 381 g/mol. The number of carbonyl (C=O) groups is 2. The lowest BCUT2D eigenvalue weighted by Crippen LogP contribution is -2.37. The van der Waals surface area contributed by atoms with Crippen molar-refractivity contribution in [1.82, 2.24) is 9.80 Å². The summed E-state index contributed by atoms with van der Waals surface area (Å²) in [6, 6.07) is 0. The summed E-state index contributed by atoms with van der Waals surface area (Å²) in [6.07, 6.45) is 16.9. The van der Waals surface area contributed by atoms with Crippen LogP contribution in [0.1, 0.15) is 110 Å². The van der Waals surface area contributed by atoms with E-state index >= 15 is 0 Å². The quantitative estimate of drug-likeness (QED) is 0.371. The van der Waals surface area contributed by atoms with Gasteiger partial charge in [0.2, 0.25) is 11.8 Å². The number of rotatable bonds is 14. The van der Waals surface area contributed by atoms with E-state index in [4.69, 9.17) is 0 Å². The van der Waals surface area contributed by atoms with Crippen molar-refractivity contribution in [3.63, 3.8) is 0 Å². The molecule has 0 aromatic carbocycles. The first kappa shape index (κ1) is 24.0. The maximum Gasteiger partial charge on any atom is 0.222 e. The molecule has 1 fully saturated rings. The van der Waals surface area contributed by atoms with Crippen molar-refractivity contribution in [2.24, 2.45) is 0 Å². The highest BCUT2D eigenvalue weighted by atomic mass is 16.2. The van der Waals surface area contributed by atoms with Gasteiger partial charge in [0.15, 0.2) is 0 Å². The van der Waals surface area contributed by atoms with Crippen LogP contribution in [-0.4, -0.2) is 47.8 Å². The molecule has 0 saturated carbocycles. The predicted octanol–water partition coefficient (Wildman–Crippen LogP) is 5.55. The summed E-state index contributed by atoms with van der Waals surface area (Å²) in [5, 5.41) is 0. The fourth-order valence-corrected chi connectivity index (χ4v) is 3.85. The minimum atomic E-state index is 0.288. The Morgan fingerprint density at radius 3 is 1.33 bits per heavy atom. The summed E-state index contributed by atoms with van der Waals surface area (Å²) in [7, 11) is 0. The Hall–Kier alpha value is -1.06. The standard InChI is InChI=1S/C23H44N2O2/c1-3-5-7-9-11-13-16-22(26)24-18-15-19-25(21-20-24)23(27)17-14-12-10-8-6-4-2/h3-21H2,1-2H3. The third-order valence-corrected chi connectivity index (χ3v) is 5.69. The zero-order chi connectivity index (χ0) is 19.7. The molecule has 4 heteroatoms. The summed E-state index contributed by atoms with van der Waals surface area (Å²) in [6.45, 7) is 7.52. The van der Waals surface area contributed by atoms with Crippen LogP contribution in [0, 0.1) is 0 Å². The summed E-state index contributed by atoms with van der Waals surface area (Å²) in [5.41, 5.74) is 0. The van der Waals surface area contributed by atoms with Gasteiger partial charge in [-0.3, -0.25) is 9.59 Å². The van der Waals surface area contributed by atoms with Crippen molar-refractivity contribution in [2.45, 2.75) is 110 Å². The zero-order valence-electron chi connectivity index (χ0n) is 18.1. The number of unbranched alkanes of at least 4 members (excludes halogenated alkanes) is 10. The van der Waals surface area contributed by atoms with Crippen LogP contribution < -0.4 is 0 Å². The molecule has 4 nitrogen and oxygen atoms in total. The average Bonchev–Trinajstić information content (AvgIpc) is 2.93. The van der Waals surface area contributed by atoms with E-state index in [2.05, 4.69) is 13.8 Å². The molecule has 0 N–H and O–H groups in total. The lowest BCUT2D eigenvalue weighted by atomic mass is 10.1. The molecule has 1 rings (SSSR count). The SMILES string of the molecule is CCCCCCCCC(=O)N1CCCN(C(=O)CCCCCCCC)CC1.